The van der Waals surface area contributed by atoms with Crippen LogP contribution >= 0.6 is 0 Å². The van der Waals surface area contributed by atoms with Crippen LogP contribution in [0.15, 0.2) is 10.6 Å². The Morgan fingerprint density at radius 3 is 2.82 bits per heavy atom. The fraction of sp³-hybridized carbons (Fsp3) is 0.667. The minimum absolute atomic E-state index is 0.0328. The molecule has 1 aromatic rings. The Kier molecular flexibility index (Phi) is 4.85. The average molecular weight is 309 g/mol. The maximum atomic E-state index is 12.6. The molecule has 0 unspecified atom stereocenters. The van der Waals surface area contributed by atoms with Crippen LogP contribution in [0, 0.1) is 0 Å². The highest BCUT2D eigenvalue weighted by Crippen LogP contribution is 2.25. The summed E-state index contributed by atoms with van der Waals surface area (Å²) in [7, 11) is 1.54. The number of hydrogen-bond donors (Lipinski definition) is 0. The van der Waals surface area contributed by atoms with E-state index in [-0.39, 0.29) is 24.1 Å². The van der Waals surface area contributed by atoms with E-state index in [9.17, 15) is 9.59 Å². The lowest BCUT2D eigenvalue weighted by atomic mass is 9.96. The summed E-state index contributed by atoms with van der Waals surface area (Å²) in [6.07, 6.45) is 0.902. The van der Waals surface area contributed by atoms with Crippen LogP contribution in [0.3, 0.4) is 0 Å². The molecule has 0 N–H and O–H groups in total. The monoisotopic (exact) mass is 309 g/mol. The Morgan fingerprint density at radius 1 is 1.45 bits per heavy atom. The summed E-state index contributed by atoms with van der Waals surface area (Å²) in [5.74, 6) is 0.162. The molecular weight excluding hydrogens is 286 g/mol. The number of amides is 2. The summed E-state index contributed by atoms with van der Waals surface area (Å²) in [5, 5.41) is 3.78. The third-order valence-corrected chi connectivity index (χ3v) is 3.88. The number of methoxy groups -OCH3 is 1. The maximum absolute atomic E-state index is 12.6. The molecule has 0 bridgehead atoms. The molecule has 2 amide bonds. The molecule has 0 aliphatic carbocycles. The molecule has 7 nitrogen and oxygen atoms in total. The first-order valence-electron chi connectivity index (χ1n) is 7.47. The van der Waals surface area contributed by atoms with Gasteiger partial charge in [-0.3, -0.25) is 9.59 Å². The van der Waals surface area contributed by atoms with Gasteiger partial charge in [0.15, 0.2) is 11.5 Å². The van der Waals surface area contributed by atoms with Gasteiger partial charge in [-0.1, -0.05) is 12.1 Å². The standard InChI is InChI=1S/C15H23N3O4/c1-5-6-17-7-8-18(15(2,3)14(17)20)13(19)12-9-11(10-21-4)22-16-12/h9H,5-8,10H2,1-4H3. The second kappa shape index (κ2) is 6.48. The molecule has 0 atom stereocenters. The zero-order valence-electron chi connectivity index (χ0n) is 13.6. The Labute approximate surface area is 130 Å². The Balaban J connectivity index is 2.17. The van der Waals surface area contributed by atoms with Crippen LogP contribution in [-0.4, -0.2) is 59.1 Å². The lowest BCUT2D eigenvalue weighted by Crippen LogP contribution is -2.64. The molecule has 22 heavy (non-hydrogen) atoms. The molecule has 2 rings (SSSR count). The van der Waals surface area contributed by atoms with Crippen molar-refractivity contribution in [3.05, 3.63) is 17.5 Å². The van der Waals surface area contributed by atoms with Crippen LogP contribution in [0.1, 0.15) is 43.4 Å². The van der Waals surface area contributed by atoms with Crippen molar-refractivity contribution in [1.82, 2.24) is 15.0 Å². The summed E-state index contributed by atoms with van der Waals surface area (Å²) in [5.41, 5.74) is -0.679. The first-order valence-corrected chi connectivity index (χ1v) is 7.47. The van der Waals surface area contributed by atoms with E-state index in [0.717, 1.165) is 6.42 Å². The third-order valence-electron chi connectivity index (χ3n) is 3.88. The van der Waals surface area contributed by atoms with E-state index in [1.807, 2.05) is 11.8 Å². The van der Waals surface area contributed by atoms with Crippen LogP contribution < -0.4 is 0 Å². The molecule has 1 aliphatic rings. The normalized spacial score (nSPS) is 17.9. The summed E-state index contributed by atoms with van der Waals surface area (Å²) < 4.78 is 10.00. The van der Waals surface area contributed by atoms with Gasteiger partial charge in [0.05, 0.1) is 0 Å². The van der Waals surface area contributed by atoms with E-state index >= 15 is 0 Å². The van der Waals surface area contributed by atoms with Crippen molar-refractivity contribution in [1.29, 1.82) is 0 Å². The molecule has 1 saturated heterocycles. The van der Waals surface area contributed by atoms with E-state index in [1.54, 1.807) is 31.9 Å². The number of aromatic nitrogens is 1. The molecule has 1 aromatic heterocycles. The minimum Gasteiger partial charge on any atom is -0.377 e. The number of rotatable bonds is 5. The first-order chi connectivity index (χ1) is 10.4. The van der Waals surface area contributed by atoms with E-state index in [0.29, 0.717) is 25.4 Å². The fourth-order valence-electron chi connectivity index (χ4n) is 2.71. The Morgan fingerprint density at radius 2 is 2.18 bits per heavy atom. The molecule has 0 saturated carbocycles. The predicted octanol–water partition coefficient (Wildman–Crippen LogP) is 1.29. The molecule has 7 heteroatoms. The first kappa shape index (κ1) is 16.5. The molecule has 0 radical (unpaired) electrons. The van der Waals surface area contributed by atoms with Crippen molar-refractivity contribution in [3.63, 3.8) is 0 Å². The highest BCUT2D eigenvalue weighted by Gasteiger charge is 2.44. The molecule has 0 aromatic carbocycles. The summed E-state index contributed by atoms with van der Waals surface area (Å²) in [4.78, 5) is 28.6. The van der Waals surface area contributed by atoms with Crippen LogP contribution in [0.4, 0.5) is 0 Å². The van der Waals surface area contributed by atoms with Crippen LogP contribution in [-0.2, 0) is 16.1 Å². The molecular formula is C15H23N3O4. The topological polar surface area (TPSA) is 75.9 Å². The van der Waals surface area contributed by atoms with Gasteiger partial charge in [0, 0.05) is 32.8 Å². The van der Waals surface area contributed by atoms with E-state index in [1.165, 1.54) is 0 Å². The molecule has 122 valence electrons. The van der Waals surface area contributed by atoms with Gasteiger partial charge in [0.25, 0.3) is 5.91 Å². The summed E-state index contributed by atoms with van der Waals surface area (Å²) in [6.45, 7) is 7.58. The summed E-state index contributed by atoms with van der Waals surface area (Å²) >= 11 is 0. The van der Waals surface area contributed by atoms with Crippen molar-refractivity contribution in [2.45, 2.75) is 39.3 Å². The van der Waals surface area contributed by atoms with Crippen molar-refractivity contribution >= 4 is 11.8 Å². The molecule has 0 spiro atoms. The van der Waals surface area contributed by atoms with Crippen molar-refractivity contribution < 1.29 is 18.8 Å². The Bertz CT molecular complexity index is 553. The van der Waals surface area contributed by atoms with Crippen molar-refractivity contribution in [2.75, 3.05) is 26.7 Å². The molecule has 1 aliphatic heterocycles. The second-order valence-electron chi connectivity index (χ2n) is 5.92. The van der Waals surface area contributed by atoms with Gasteiger partial charge in [0.2, 0.25) is 5.91 Å². The molecule has 2 heterocycles. The Hall–Kier alpha value is -1.89. The smallest absolute Gasteiger partial charge is 0.276 e. The van der Waals surface area contributed by atoms with E-state index < -0.39 is 5.54 Å². The van der Waals surface area contributed by atoms with Gasteiger partial charge in [-0.15, -0.1) is 0 Å². The molecule has 1 fully saturated rings. The third kappa shape index (κ3) is 2.99. The van der Waals surface area contributed by atoms with E-state index in [4.69, 9.17) is 9.26 Å². The largest absolute Gasteiger partial charge is 0.377 e. The minimum atomic E-state index is -0.884. The van der Waals surface area contributed by atoms with Gasteiger partial charge in [0.1, 0.15) is 12.1 Å². The zero-order chi connectivity index (χ0) is 16.3. The fourth-order valence-corrected chi connectivity index (χ4v) is 2.71. The number of carbonyl (C=O) groups is 2. The number of carbonyl (C=O) groups excluding carboxylic acids is 2. The van der Waals surface area contributed by atoms with Crippen molar-refractivity contribution in [3.8, 4) is 0 Å². The van der Waals surface area contributed by atoms with Gasteiger partial charge in [-0.05, 0) is 20.3 Å². The number of ether oxygens (including phenoxy) is 1. The highest BCUT2D eigenvalue weighted by atomic mass is 16.5. The lowest BCUT2D eigenvalue weighted by molar-refractivity contribution is -0.146. The zero-order valence-corrected chi connectivity index (χ0v) is 13.6. The number of piperazine rings is 1. The van der Waals surface area contributed by atoms with Gasteiger partial charge in [-0.25, -0.2) is 0 Å². The lowest BCUT2D eigenvalue weighted by Gasteiger charge is -2.45. The quantitative estimate of drug-likeness (QED) is 0.819. The second-order valence-corrected chi connectivity index (χ2v) is 5.92. The van der Waals surface area contributed by atoms with Crippen molar-refractivity contribution in [2.24, 2.45) is 0 Å². The van der Waals surface area contributed by atoms with Gasteiger partial charge in [-0.2, -0.15) is 0 Å². The van der Waals surface area contributed by atoms with Gasteiger partial charge >= 0.3 is 0 Å². The predicted molar refractivity (Wildman–Crippen MR) is 79.2 cm³/mol. The SMILES string of the molecule is CCCN1CCN(C(=O)c2cc(COC)on2)C(C)(C)C1=O. The summed E-state index contributed by atoms with van der Waals surface area (Å²) in [6, 6.07) is 1.56. The van der Waals surface area contributed by atoms with E-state index in [2.05, 4.69) is 5.16 Å². The highest BCUT2D eigenvalue weighted by molar-refractivity contribution is 5.98. The van der Waals surface area contributed by atoms with Crippen LogP contribution in [0.5, 0.6) is 0 Å². The average Bonchev–Trinajstić information content (AvgIpc) is 2.93. The maximum Gasteiger partial charge on any atom is 0.276 e. The van der Waals surface area contributed by atoms with Crippen LogP contribution in [0.25, 0.3) is 0 Å². The van der Waals surface area contributed by atoms with Gasteiger partial charge < -0.3 is 19.1 Å². The van der Waals surface area contributed by atoms with Crippen LogP contribution in [0.2, 0.25) is 0 Å². The number of nitrogens with zero attached hydrogens (tertiary/aromatic N) is 3. The number of hydrogen-bond acceptors (Lipinski definition) is 5.